The van der Waals surface area contributed by atoms with Crippen molar-refractivity contribution in [3.05, 3.63) is 35.9 Å². The van der Waals surface area contributed by atoms with Crippen molar-refractivity contribution in [2.45, 2.75) is 32.5 Å². The number of esters is 1. The predicted octanol–water partition coefficient (Wildman–Crippen LogP) is 5.04. The molecule has 0 radical (unpaired) electrons. The van der Waals surface area contributed by atoms with Crippen LogP contribution < -0.4 is 8.92 Å². The molecule has 0 N–H and O–H groups in total. The normalized spacial score (nSPS) is 13.4. The number of ether oxygens (including phenoxy) is 1. The Morgan fingerprint density at radius 1 is 0.931 bits per heavy atom. The number of halogens is 6. The molecule has 5 nitrogen and oxygen atoms in total. The van der Waals surface area contributed by atoms with E-state index in [1.807, 2.05) is 0 Å². The van der Waals surface area contributed by atoms with Gasteiger partial charge in [0, 0.05) is 11.5 Å². The van der Waals surface area contributed by atoms with Gasteiger partial charge in [-0.15, -0.1) is 0 Å². The van der Waals surface area contributed by atoms with Crippen molar-refractivity contribution >= 4 is 26.9 Å². The SMILES string of the molecule is CC(C)(C)C(=O)Oc1cc(OS(=O)(=O)C(F)(F)F)c2cc(C(F)(F)F)ccc2c1. The summed E-state index contributed by atoms with van der Waals surface area (Å²) in [5.74, 6) is -2.28. The van der Waals surface area contributed by atoms with E-state index in [4.69, 9.17) is 4.74 Å². The van der Waals surface area contributed by atoms with Crippen LogP contribution in [0.2, 0.25) is 0 Å². The molecule has 0 amide bonds. The first kappa shape index (κ1) is 22.8. The van der Waals surface area contributed by atoms with E-state index in [0.717, 1.165) is 12.1 Å². The Kier molecular flexibility index (Phi) is 5.56. The van der Waals surface area contributed by atoms with E-state index in [0.29, 0.717) is 18.2 Å². The zero-order valence-corrected chi connectivity index (χ0v) is 15.9. The molecular formula is C17H14F6O5S. The lowest BCUT2D eigenvalue weighted by Gasteiger charge is -2.18. The number of benzene rings is 2. The lowest BCUT2D eigenvalue weighted by molar-refractivity contribution is -0.143. The second-order valence-electron chi connectivity index (χ2n) is 6.98. The number of hydrogen-bond acceptors (Lipinski definition) is 5. The Hall–Kier alpha value is -2.50. The zero-order valence-electron chi connectivity index (χ0n) is 15.1. The standard InChI is InChI=1S/C17H14F6O5S/c1-15(2,3)14(24)27-11-6-9-4-5-10(16(18,19)20)7-12(9)13(8-11)28-29(25,26)17(21,22)23/h4-8H,1-3H3. The Morgan fingerprint density at radius 2 is 1.52 bits per heavy atom. The third-order valence-corrected chi connectivity index (χ3v) is 4.49. The maximum atomic E-state index is 12.9. The highest BCUT2D eigenvalue weighted by Crippen LogP contribution is 2.39. The summed E-state index contributed by atoms with van der Waals surface area (Å²) in [4.78, 5) is 12.0. The molecule has 12 heteroatoms. The molecule has 0 heterocycles. The predicted molar refractivity (Wildman–Crippen MR) is 89.6 cm³/mol. The summed E-state index contributed by atoms with van der Waals surface area (Å²) in [5, 5.41) is -0.701. The largest absolute Gasteiger partial charge is 0.534 e. The first-order valence-electron chi connectivity index (χ1n) is 7.80. The second kappa shape index (κ2) is 7.08. The van der Waals surface area contributed by atoms with E-state index in [2.05, 4.69) is 4.18 Å². The van der Waals surface area contributed by atoms with E-state index in [1.165, 1.54) is 20.8 Å². The Balaban J connectivity index is 2.69. The highest BCUT2D eigenvalue weighted by atomic mass is 32.2. The van der Waals surface area contributed by atoms with Crippen LogP contribution in [0.5, 0.6) is 11.5 Å². The lowest BCUT2D eigenvalue weighted by atomic mass is 9.97. The van der Waals surface area contributed by atoms with Crippen LogP contribution in [-0.2, 0) is 21.1 Å². The minimum atomic E-state index is -6.19. The fraction of sp³-hybridized carbons (Fsp3) is 0.353. The number of hydrogen-bond donors (Lipinski definition) is 0. The van der Waals surface area contributed by atoms with Crippen molar-refractivity contribution in [2.24, 2.45) is 5.41 Å². The van der Waals surface area contributed by atoms with Crippen LogP contribution in [0.4, 0.5) is 26.3 Å². The maximum Gasteiger partial charge on any atom is 0.534 e. The first-order chi connectivity index (χ1) is 12.9. The topological polar surface area (TPSA) is 69.7 Å². The highest BCUT2D eigenvalue weighted by molar-refractivity contribution is 7.88. The van der Waals surface area contributed by atoms with Gasteiger partial charge in [-0.05, 0) is 44.4 Å². The van der Waals surface area contributed by atoms with Crippen molar-refractivity contribution in [1.29, 1.82) is 0 Å². The van der Waals surface area contributed by atoms with Gasteiger partial charge in [0.1, 0.15) is 5.75 Å². The molecule has 0 saturated carbocycles. The summed E-state index contributed by atoms with van der Waals surface area (Å²) in [5.41, 5.74) is -8.08. The average molecular weight is 444 g/mol. The van der Waals surface area contributed by atoms with Crippen LogP contribution in [-0.4, -0.2) is 19.9 Å². The summed E-state index contributed by atoms with van der Waals surface area (Å²) in [6.07, 6.45) is -4.84. The van der Waals surface area contributed by atoms with Gasteiger partial charge < -0.3 is 8.92 Å². The third kappa shape index (κ3) is 5.11. The van der Waals surface area contributed by atoms with E-state index in [9.17, 15) is 39.6 Å². The van der Waals surface area contributed by atoms with Crippen molar-refractivity contribution in [3.63, 3.8) is 0 Å². The average Bonchev–Trinajstić information content (AvgIpc) is 2.51. The molecular weight excluding hydrogens is 430 g/mol. The Bertz CT molecular complexity index is 1050. The molecule has 160 valence electrons. The molecule has 0 aromatic heterocycles. The molecule has 0 aliphatic carbocycles. The quantitative estimate of drug-likeness (QED) is 0.218. The van der Waals surface area contributed by atoms with E-state index >= 15 is 0 Å². The first-order valence-corrected chi connectivity index (χ1v) is 9.21. The van der Waals surface area contributed by atoms with Crippen molar-refractivity contribution in [1.82, 2.24) is 0 Å². The molecule has 2 rings (SSSR count). The summed E-state index contributed by atoms with van der Waals surface area (Å²) in [7, 11) is -6.19. The summed E-state index contributed by atoms with van der Waals surface area (Å²) >= 11 is 0. The molecule has 29 heavy (non-hydrogen) atoms. The summed E-state index contributed by atoms with van der Waals surface area (Å²) in [6, 6.07) is 3.65. The van der Waals surface area contributed by atoms with E-state index in [-0.39, 0.29) is 5.39 Å². The lowest BCUT2D eigenvalue weighted by Crippen LogP contribution is -2.28. The molecule has 0 spiro atoms. The number of carbonyl (C=O) groups is 1. The van der Waals surface area contributed by atoms with Crippen molar-refractivity contribution in [2.75, 3.05) is 0 Å². The third-order valence-electron chi connectivity index (χ3n) is 3.52. The molecule has 0 unspecified atom stereocenters. The fourth-order valence-corrected chi connectivity index (χ4v) is 2.50. The zero-order chi connectivity index (χ0) is 22.4. The van der Waals surface area contributed by atoms with Crippen LogP contribution in [0, 0.1) is 5.41 Å². The molecule has 0 saturated heterocycles. The van der Waals surface area contributed by atoms with Crippen molar-refractivity contribution < 1.29 is 48.5 Å². The Labute approximate surface area is 161 Å². The van der Waals surface area contributed by atoms with Gasteiger partial charge in [-0.2, -0.15) is 34.8 Å². The van der Waals surface area contributed by atoms with Gasteiger partial charge in [-0.3, -0.25) is 4.79 Å². The van der Waals surface area contributed by atoms with Gasteiger partial charge in [0.05, 0.1) is 11.0 Å². The van der Waals surface area contributed by atoms with Gasteiger partial charge in [-0.25, -0.2) is 0 Å². The smallest absolute Gasteiger partial charge is 0.426 e. The minimum Gasteiger partial charge on any atom is -0.426 e. The Morgan fingerprint density at radius 3 is 2.00 bits per heavy atom. The van der Waals surface area contributed by atoms with Crippen LogP contribution in [0.15, 0.2) is 30.3 Å². The van der Waals surface area contributed by atoms with Crippen molar-refractivity contribution in [3.8, 4) is 11.5 Å². The minimum absolute atomic E-state index is 0.135. The monoisotopic (exact) mass is 444 g/mol. The van der Waals surface area contributed by atoms with Gasteiger partial charge in [0.15, 0.2) is 5.75 Å². The maximum absolute atomic E-state index is 12.9. The number of fused-ring (bicyclic) bond motifs is 1. The molecule has 2 aromatic carbocycles. The molecule has 0 aliphatic heterocycles. The number of alkyl halides is 6. The van der Waals surface area contributed by atoms with Crippen LogP contribution in [0.25, 0.3) is 10.8 Å². The molecule has 2 aromatic rings. The molecule has 0 fully saturated rings. The van der Waals surface area contributed by atoms with Crippen LogP contribution in [0.1, 0.15) is 26.3 Å². The van der Waals surface area contributed by atoms with Gasteiger partial charge in [-0.1, -0.05) is 6.07 Å². The summed E-state index contributed by atoms with van der Waals surface area (Å²) in [6.45, 7) is 4.45. The van der Waals surface area contributed by atoms with Gasteiger partial charge >= 0.3 is 27.8 Å². The van der Waals surface area contributed by atoms with E-state index < -0.39 is 55.6 Å². The molecule has 0 atom stereocenters. The molecule has 0 aliphatic rings. The number of rotatable bonds is 3. The van der Waals surface area contributed by atoms with Crippen LogP contribution in [0.3, 0.4) is 0 Å². The summed E-state index contributed by atoms with van der Waals surface area (Å²) < 4.78 is 109. The second-order valence-corrected chi connectivity index (χ2v) is 8.52. The van der Waals surface area contributed by atoms with E-state index in [1.54, 1.807) is 0 Å². The van der Waals surface area contributed by atoms with Crippen LogP contribution >= 0.6 is 0 Å². The number of carbonyl (C=O) groups excluding carboxylic acids is 1. The fourth-order valence-electron chi connectivity index (χ4n) is 2.03. The van der Waals surface area contributed by atoms with Gasteiger partial charge in [0.25, 0.3) is 0 Å². The van der Waals surface area contributed by atoms with Gasteiger partial charge in [0.2, 0.25) is 0 Å². The molecule has 0 bridgehead atoms. The highest BCUT2D eigenvalue weighted by Gasteiger charge is 2.49.